The predicted octanol–water partition coefficient (Wildman–Crippen LogP) is 2.05. The minimum Gasteiger partial charge on any atom is -0.351 e. The zero-order valence-electron chi connectivity index (χ0n) is 10.4. The van der Waals surface area contributed by atoms with Gasteiger partial charge in [-0.2, -0.15) is 0 Å². The topological polar surface area (TPSA) is 46.2 Å². The van der Waals surface area contributed by atoms with E-state index in [-0.39, 0.29) is 22.8 Å². The lowest BCUT2D eigenvalue weighted by Crippen LogP contribution is -2.59. The molecule has 1 aliphatic carbocycles. The normalized spacial score (nSPS) is 38.6. The number of rotatable bonds is 0. The quantitative estimate of drug-likeness (QED) is 0.683. The van der Waals surface area contributed by atoms with Crippen LogP contribution in [0.25, 0.3) is 0 Å². The van der Waals surface area contributed by atoms with Crippen LogP contribution in [0.3, 0.4) is 0 Å². The molecule has 1 aliphatic heterocycles. The molecular formula is C13H21NO2. The second-order valence-electron chi connectivity index (χ2n) is 6.06. The molecule has 0 aromatic heterocycles. The summed E-state index contributed by atoms with van der Waals surface area (Å²) in [7, 11) is 0. The number of hydrogen-bond acceptors (Lipinski definition) is 2. The van der Waals surface area contributed by atoms with Gasteiger partial charge < -0.3 is 5.32 Å². The van der Waals surface area contributed by atoms with Crippen molar-refractivity contribution in [2.45, 2.75) is 58.4 Å². The Morgan fingerprint density at radius 2 is 1.88 bits per heavy atom. The van der Waals surface area contributed by atoms with E-state index < -0.39 is 0 Å². The first kappa shape index (κ1) is 11.6. The molecule has 1 heterocycles. The average molecular weight is 223 g/mol. The summed E-state index contributed by atoms with van der Waals surface area (Å²) >= 11 is 0. The van der Waals surface area contributed by atoms with Crippen LogP contribution in [-0.2, 0) is 9.59 Å². The average Bonchev–Trinajstić information content (AvgIpc) is 2.32. The third-order valence-electron chi connectivity index (χ3n) is 4.55. The van der Waals surface area contributed by atoms with Crippen LogP contribution < -0.4 is 5.32 Å². The van der Waals surface area contributed by atoms with Crippen LogP contribution >= 0.6 is 0 Å². The SMILES string of the molecule is CC1(C)C(=O)CC[C@]2(C)NC(=O)CCC[C@@H]12. The molecule has 0 aromatic carbocycles. The van der Waals surface area contributed by atoms with Crippen LogP contribution in [0.4, 0.5) is 0 Å². The van der Waals surface area contributed by atoms with Gasteiger partial charge in [-0.25, -0.2) is 0 Å². The van der Waals surface area contributed by atoms with Gasteiger partial charge in [0.1, 0.15) is 5.78 Å². The van der Waals surface area contributed by atoms with Crippen molar-refractivity contribution < 1.29 is 9.59 Å². The van der Waals surface area contributed by atoms with E-state index >= 15 is 0 Å². The van der Waals surface area contributed by atoms with Crippen molar-refractivity contribution in [1.82, 2.24) is 5.32 Å². The molecule has 1 saturated carbocycles. The first-order chi connectivity index (χ1) is 7.36. The van der Waals surface area contributed by atoms with E-state index in [0.29, 0.717) is 18.6 Å². The molecule has 1 saturated heterocycles. The second-order valence-corrected chi connectivity index (χ2v) is 6.06. The van der Waals surface area contributed by atoms with Gasteiger partial charge in [0, 0.05) is 23.8 Å². The highest BCUT2D eigenvalue weighted by atomic mass is 16.2. The first-order valence-corrected chi connectivity index (χ1v) is 6.20. The number of nitrogens with one attached hydrogen (secondary N) is 1. The Balaban J connectivity index is 2.35. The zero-order chi connectivity index (χ0) is 12.0. The van der Waals surface area contributed by atoms with Crippen LogP contribution in [0.2, 0.25) is 0 Å². The van der Waals surface area contributed by atoms with Gasteiger partial charge in [-0.15, -0.1) is 0 Å². The van der Waals surface area contributed by atoms with E-state index in [4.69, 9.17) is 0 Å². The van der Waals surface area contributed by atoms with E-state index in [2.05, 4.69) is 12.2 Å². The van der Waals surface area contributed by atoms with Crippen LogP contribution in [0.1, 0.15) is 52.9 Å². The van der Waals surface area contributed by atoms with Crippen LogP contribution in [-0.4, -0.2) is 17.2 Å². The number of hydrogen-bond donors (Lipinski definition) is 1. The Morgan fingerprint density at radius 3 is 2.56 bits per heavy atom. The fourth-order valence-electron chi connectivity index (χ4n) is 3.54. The van der Waals surface area contributed by atoms with Crippen molar-refractivity contribution >= 4 is 11.7 Å². The Labute approximate surface area is 97.0 Å². The van der Waals surface area contributed by atoms with Gasteiger partial charge in [0.25, 0.3) is 0 Å². The second kappa shape index (κ2) is 3.57. The van der Waals surface area contributed by atoms with E-state index in [1.807, 2.05) is 13.8 Å². The molecule has 1 N–H and O–H groups in total. The number of fused-ring (bicyclic) bond motifs is 1. The van der Waals surface area contributed by atoms with Gasteiger partial charge in [-0.3, -0.25) is 9.59 Å². The molecule has 0 aromatic rings. The number of carbonyl (C=O) groups is 2. The molecule has 2 rings (SSSR count). The molecule has 0 bridgehead atoms. The smallest absolute Gasteiger partial charge is 0.220 e. The van der Waals surface area contributed by atoms with Crippen molar-refractivity contribution in [3.8, 4) is 0 Å². The molecule has 2 atom stereocenters. The van der Waals surface area contributed by atoms with Gasteiger partial charge in [-0.1, -0.05) is 13.8 Å². The summed E-state index contributed by atoms with van der Waals surface area (Å²) in [6.07, 6.45) is 3.89. The number of carbonyl (C=O) groups excluding carboxylic acids is 2. The molecule has 16 heavy (non-hydrogen) atoms. The maximum absolute atomic E-state index is 12.0. The highest BCUT2D eigenvalue weighted by molar-refractivity contribution is 5.86. The fourth-order valence-corrected chi connectivity index (χ4v) is 3.54. The lowest BCUT2D eigenvalue weighted by Gasteiger charge is -2.49. The summed E-state index contributed by atoms with van der Waals surface area (Å²) in [6, 6.07) is 0. The molecule has 1 amide bonds. The maximum atomic E-state index is 12.0. The zero-order valence-corrected chi connectivity index (χ0v) is 10.4. The Morgan fingerprint density at radius 1 is 1.19 bits per heavy atom. The van der Waals surface area contributed by atoms with Crippen LogP contribution in [0, 0.1) is 11.3 Å². The van der Waals surface area contributed by atoms with E-state index in [0.717, 1.165) is 19.3 Å². The number of Topliss-reactive ketones (excluding diaryl/α,β-unsaturated/α-hetero) is 1. The molecule has 2 aliphatic rings. The molecule has 2 fully saturated rings. The Kier molecular flexibility index (Phi) is 2.59. The lowest BCUT2D eigenvalue weighted by atomic mass is 9.58. The van der Waals surface area contributed by atoms with Crippen LogP contribution in [0.5, 0.6) is 0 Å². The van der Waals surface area contributed by atoms with Crippen molar-refractivity contribution in [1.29, 1.82) is 0 Å². The van der Waals surface area contributed by atoms with Crippen molar-refractivity contribution in [2.24, 2.45) is 11.3 Å². The summed E-state index contributed by atoms with van der Waals surface area (Å²) in [6.45, 7) is 6.18. The predicted molar refractivity (Wildman–Crippen MR) is 61.9 cm³/mol. The van der Waals surface area contributed by atoms with Gasteiger partial charge in [0.2, 0.25) is 5.91 Å². The Hall–Kier alpha value is -0.860. The summed E-state index contributed by atoms with van der Waals surface area (Å²) in [5, 5.41) is 3.14. The van der Waals surface area contributed by atoms with E-state index in [1.54, 1.807) is 0 Å². The van der Waals surface area contributed by atoms with E-state index in [9.17, 15) is 9.59 Å². The minimum atomic E-state index is -0.287. The highest BCUT2D eigenvalue weighted by Crippen LogP contribution is 2.47. The van der Waals surface area contributed by atoms with Crippen LogP contribution in [0.15, 0.2) is 0 Å². The molecule has 0 spiro atoms. The van der Waals surface area contributed by atoms with Crippen molar-refractivity contribution in [2.75, 3.05) is 0 Å². The third-order valence-corrected chi connectivity index (χ3v) is 4.55. The fraction of sp³-hybridized carbons (Fsp3) is 0.846. The van der Waals surface area contributed by atoms with Crippen molar-refractivity contribution in [3.05, 3.63) is 0 Å². The summed E-state index contributed by atoms with van der Waals surface area (Å²) < 4.78 is 0. The minimum absolute atomic E-state index is 0.148. The number of amides is 1. The third kappa shape index (κ3) is 1.66. The summed E-state index contributed by atoms with van der Waals surface area (Å²) in [5.74, 6) is 0.786. The molecule has 0 unspecified atom stereocenters. The van der Waals surface area contributed by atoms with Gasteiger partial charge in [0.15, 0.2) is 0 Å². The standard InChI is InChI=1S/C13H21NO2/c1-12(2)9-5-4-6-11(16)14-13(9,3)8-7-10(12)15/h9H,4-8H2,1-3H3,(H,14,16)/t9-,13-/m0/s1. The molecular weight excluding hydrogens is 202 g/mol. The first-order valence-electron chi connectivity index (χ1n) is 6.20. The highest BCUT2D eigenvalue weighted by Gasteiger charge is 2.51. The largest absolute Gasteiger partial charge is 0.351 e. The molecule has 90 valence electrons. The van der Waals surface area contributed by atoms with Gasteiger partial charge >= 0.3 is 0 Å². The molecule has 3 nitrogen and oxygen atoms in total. The molecule has 3 heteroatoms. The lowest BCUT2D eigenvalue weighted by molar-refractivity contribution is -0.138. The van der Waals surface area contributed by atoms with E-state index in [1.165, 1.54) is 0 Å². The molecule has 0 radical (unpaired) electrons. The maximum Gasteiger partial charge on any atom is 0.220 e. The van der Waals surface area contributed by atoms with Gasteiger partial charge in [-0.05, 0) is 32.1 Å². The summed E-state index contributed by atoms with van der Waals surface area (Å²) in [4.78, 5) is 23.6. The number of ketones is 1. The van der Waals surface area contributed by atoms with Crippen molar-refractivity contribution in [3.63, 3.8) is 0 Å². The Bertz CT molecular complexity index is 335. The monoisotopic (exact) mass is 223 g/mol. The van der Waals surface area contributed by atoms with Gasteiger partial charge in [0.05, 0.1) is 0 Å². The summed E-state index contributed by atoms with van der Waals surface area (Å²) in [5.41, 5.74) is -0.463.